The summed E-state index contributed by atoms with van der Waals surface area (Å²) in [7, 11) is 0. The van der Waals surface area contributed by atoms with Crippen LogP contribution in [-0.4, -0.2) is 48.2 Å². The van der Waals surface area contributed by atoms with E-state index < -0.39 is 11.4 Å². The van der Waals surface area contributed by atoms with E-state index >= 15 is 0 Å². The highest BCUT2D eigenvalue weighted by Crippen LogP contribution is 2.33. The second-order valence-corrected chi connectivity index (χ2v) is 6.11. The molecule has 2 aliphatic rings. The second-order valence-electron chi connectivity index (χ2n) is 6.11. The third-order valence-electron chi connectivity index (χ3n) is 4.66. The van der Waals surface area contributed by atoms with E-state index in [-0.39, 0.29) is 11.8 Å². The van der Waals surface area contributed by atoms with Crippen LogP contribution in [0.2, 0.25) is 0 Å². The molecule has 0 bridgehead atoms. The number of carboxylic acid groups (broad SMARTS) is 1. The highest BCUT2D eigenvalue weighted by molar-refractivity contribution is 5.82. The molecule has 5 heteroatoms. The summed E-state index contributed by atoms with van der Waals surface area (Å²) in [5.41, 5.74) is -0.773. The van der Waals surface area contributed by atoms with Gasteiger partial charge in [-0.3, -0.25) is 9.59 Å². The largest absolute Gasteiger partial charge is 0.481 e. The summed E-state index contributed by atoms with van der Waals surface area (Å²) < 4.78 is 5.32. The van der Waals surface area contributed by atoms with Gasteiger partial charge in [-0.2, -0.15) is 0 Å². The fourth-order valence-corrected chi connectivity index (χ4v) is 3.03. The normalized spacial score (nSPS) is 30.3. The highest BCUT2D eigenvalue weighted by atomic mass is 16.5. The van der Waals surface area contributed by atoms with Crippen molar-refractivity contribution in [2.45, 2.75) is 33.1 Å². The average molecular weight is 269 g/mol. The SMILES string of the molecule is CC(C(=O)N1CCC(C)(C(=O)O)C1)C1CCOCC1. The van der Waals surface area contributed by atoms with Crippen molar-refractivity contribution < 1.29 is 19.4 Å². The van der Waals surface area contributed by atoms with Gasteiger partial charge in [0.05, 0.1) is 5.41 Å². The molecule has 2 heterocycles. The minimum Gasteiger partial charge on any atom is -0.481 e. The van der Waals surface area contributed by atoms with Crippen molar-refractivity contribution in [3.63, 3.8) is 0 Å². The first-order valence-corrected chi connectivity index (χ1v) is 7.04. The number of rotatable bonds is 3. The first-order chi connectivity index (χ1) is 8.94. The molecule has 2 rings (SSSR count). The van der Waals surface area contributed by atoms with E-state index in [9.17, 15) is 14.7 Å². The number of carboxylic acids is 1. The molecule has 2 atom stereocenters. The van der Waals surface area contributed by atoms with Gasteiger partial charge in [-0.25, -0.2) is 0 Å². The summed E-state index contributed by atoms with van der Waals surface area (Å²) in [6, 6.07) is 0. The first-order valence-electron chi connectivity index (χ1n) is 7.04. The summed E-state index contributed by atoms with van der Waals surface area (Å²) >= 11 is 0. The molecule has 0 radical (unpaired) electrons. The van der Waals surface area contributed by atoms with Crippen LogP contribution in [0.5, 0.6) is 0 Å². The Bertz CT molecular complexity index is 364. The zero-order chi connectivity index (χ0) is 14.0. The van der Waals surface area contributed by atoms with Gasteiger partial charge < -0.3 is 14.7 Å². The zero-order valence-corrected chi connectivity index (χ0v) is 11.7. The van der Waals surface area contributed by atoms with Gasteiger partial charge in [0.1, 0.15) is 0 Å². The molecule has 1 amide bonds. The molecule has 0 spiro atoms. The molecular weight excluding hydrogens is 246 g/mol. The molecule has 0 aromatic rings. The van der Waals surface area contributed by atoms with Crippen LogP contribution in [0.4, 0.5) is 0 Å². The lowest BCUT2D eigenvalue weighted by Crippen LogP contribution is -2.40. The molecule has 0 saturated carbocycles. The van der Waals surface area contributed by atoms with E-state index in [4.69, 9.17) is 4.74 Å². The number of aliphatic carboxylic acids is 1. The molecular formula is C14H23NO4. The molecule has 0 aliphatic carbocycles. The number of carbonyl (C=O) groups excluding carboxylic acids is 1. The van der Waals surface area contributed by atoms with Crippen molar-refractivity contribution in [2.75, 3.05) is 26.3 Å². The van der Waals surface area contributed by atoms with Crippen LogP contribution in [0.25, 0.3) is 0 Å². The number of hydrogen-bond acceptors (Lipinski definition) is 3. The summed E-state index contributed by atoms with van der Waals surface area (Å²) in [4.78, 5) is 25.4. The van der Waals surface area contributed by atoms with E-state index in [1.807, 2.05) is 6.92 Å². The smallest absolute Gasteiger partial charge is 0.311 e. The van der Waals surface area contributed by atoms with Crippen LogP contribution in [-0.2, 0) is 14.3 Å². The van der Waals surface area contributed by atoms with Gasteiger partial charge in [-0.15, -0.1) is 0 Å². The maximum atomic E-state index is 12.4. The van der Waals surface area contributed by atoms with E-state index in [2.05, 4.69) is 0 Å². The van der Waals surface area contributed by atoms with Crippen molar-refractivity contribution in [1.29, 1.82) is 0 Å². The number of hydrogen-bond donors (Lipinski definition) is 1. The Morgan fingerprint density at radius 3 is 2.53 bits per heavy atom. The van der Waals surface area contributed by atoms with Gasteiger partial charge in [0.2, 0.25) is 5.91 Å². The van der Waals surface area contributed by atoms with E-state index in [0.29, 0.717) is 25.4 Å². The monoisotopic (exact) mass is 269 g/mol. The summed E-state index contributed by atoms with van der Waals surface area (Å²) in [5.74, 6) is -0.351. The van der Waals surface area contributed by atoms with Gasteiger partial charge in [0, 0.05) is 32.2 Å². The lowest BCUT2D eigenvalue weighted by atomic mass is 9.86. The van der Waals surface area contributed by atoms with E-state index in [0.717, 1.165) is 26.1 Å². The fourth-order valence-electron chi connectivity index (χ4n) is 3.03. The van der Waals surface area contributed by atoms with Crippen LogP contribution < -0.4 is 0 Å². The molecule has 1 N–H and O–H groups in total. The van der Waals surface area contributed by atoms with E-state index in [1.165, 1.54) is 0 Å². The Labute approximate surface area is 113 Å². The Balaban J connectivity index is 1.95. The van der Waals surface area contributed by atoms with Crippen molar-refractivity contribution in [1.82, 2.24) is 4.90 Å². The van der Waals surface area contributed by atoms with Gasteiger partial charge in [0.15, 0.2) is 0 Å². The molecule has 108 valence electrons. The third-order valence-corrected chi connectivity index (χ3v) is 4.66. The molecule has 2 fully saturated rings. The number of likely N-dealkylation sites (tertiary alicyclic amines) is 1. The predicted molar refractivity (Wildman–Crippen MR) is 69.6 cm³/mol. The van der Waals surface area contributed by atoms with Crippen LogP contribution in [0.3, 0.4) is 0 Å². The fraction of sp³-hybridized carbons (Fsp3) is 0.857. The number of carbonyl (C=O) groups is 2. The first kappa shape index (κ1) is 14.3. The average Bonchev–Trinajstić information content (AvgIpc) is 2.82. The Morgan fingerprint density at radius 1 is 1.37 bits per heavy atom. The third kappa shape index (κ3) is 2.91. The molecule has 5 nitrogen and oxygen atoms in total. The van der Waals surface area contributed by atoms with E-state index in [1.54, 1.807) is 11.8 Å². The van der Waals surface area contributed by atoms with Gasteiger partial charge in [0.25, 0.3) is 0 Å². The van der Waals surface area contributed by atoms with Gasteiger partial charge in [-0.1, -0.05) is 6.92 Å². The quantitative estimate of drug-likeness (QED) is 0.840. The lowest BCUT2D eigenvalue weighted by molar-refractivity contribution is -0.147. The van der Waals surface area contributed by atoms with Crippen molar-refractivity contribution in [3.8, 4) is 0 Å². The Kier molecular flexibility index (Phi) is 4.13. The van der Waals surface area contributed by atoms with Crippen molar-refractivity contribution in [2.24, 2.45) is 17.3 Å². The standard InChI is InChI=1S/C14H23NO4/c1-10(11-3-7-19-8-4-11)12(16)15-6-5-14(2,9-15)13(17)18/h10-11H,3-9H2,1-2H3,(H,17,18). The minimum atomic E-state index is -0.804. The van der Waals surface area contributed by atoms with Crippen LogP contribution in [0.1, 0.15) is 33.1 Å². The molecule has 19 heavy (non-hydrogen) atoms. The van der Waals surface area contributed by atoms with Crippen LogP contribution in [0, 0.1) is 17.3 Å². The Morgan fingerprint density at radius 2 is 2.00 bits per heavy atom. The van der Waals surface area contributed by atoms with Crippen LogP contribution in [0.15, 0.2) is 0 Å². The summed E-state index contributed by atoms with van der Waals surface area (Å²) in [6.45, 7) is 6.06. The molecule has 2 aliphatic heterocycles. The maximum absolute atomic E-state index is 12.4. The highest BCUT2D eigenvalue weighted by Gasteiger charge is 2.43. The molecule has 0 aromatic heterocycles. The number of amides is 1. The Hall–Kier alpha value is -1.10. The predicted octanol–water partition coefficient (Wildman–Crippen LogP) is 1.37. The second kappa shape index (κ2) is 5.49. The molecule has 2 saturated heterocycles. The van der Waals surface area contributed by atoms with Gasteiger partial charge in [-0.05, 0) is 32.1 Å². The van der Waals surface area contributed by atoms with Gasteiger partial charge >= 0.3 is 5.97 Å². The molecule has 2 unspecified atom stereocenters. The number of nitrogens with zero attached hydrogens (tertiary/aromatic N) is 1. The number of ether oxygens (including phenoxy) is 1. The summed E-state index contributed by atoms with van der Waals surface area (Å²) in [5, 5.41) is 9.20. The topological polar surface area (TPSA) is 66.8 Å². The minimum absolute atomic E-state index is 0.0277. The van der Waals surface area contributed by atoms with Crippen molar-refractivity contribution >= 4 is 11.9 Å². The zero-order valence-electron chi connectivity index (χ0n) is 11.7. The lowest BCUT2D eigenvalue weighted by Gasteiger charge is -2.30. The van der Waals surface area contributed by atoms with Crippen LogP contribution >= 0.6 is 0 Å². The van der Waals surface area contributed by atoms with Crippen molar-refractivity contribution in [3.05, 3.63) is 0 Å². The maximum Gasteiger partial charge on any atom is 0.311 e. The molecule has 0 aromatic carbocycles. The summed E-state index contributed by atoms with van der Waals surface area (Å²) in [6.07, 6.45) is 2.41.